The van der Waals surface area contributed by atoms with Crippen molar-refractivity contribution in [2.75, 3.05) is 32.7 Å². The summed E-state index contributed by atoms with van der Waals surface area (Å²) in [4.78, 5) is 21.2. The van der Waals surface area contributed by atoms with Crippen LogP contribution in [0.5, 0.6) is 11.5 Å². The Kier molecular flexibility index (Phi) is 7.07. The number of piperazine rings is 1. The maximum absolute atomic E-state index is 13.5. The summed E-state index contributed by atoms with van der Waals surface area (Å²) in [5.41, 5.74) is 3.12. The zero-order chi connectivity index (χ0) is 24.2. The predicted octanol–water partition coefficient (Wildman–Crippen LogP) is 6.30. The fraction of sp³-hybridized carbons (Fsp3) is 0.276. The van der Waals surface area contributed by atoms with Crippen LogP contribution in [0.25, 0.3) is 10.9 Å². The molecule has 6 heteroatoms. The van der Waals surface area contributed by atoms with Crippen LogP contribution in [0.1, 0.15) is 30.4 Å². The Hall–Kier alpha value is -3.28. The van der Waals surface area contributed by atoms with Gasteiger partial charge in [0.2, 0.25) is 5.91 Å². The highest BCUT2D eigenvalue weighted by atomic mass is 35.5. The maximum Gasteiger partial charge on any atom is 0.223 e. The summed E-state index contributed by atoms with van der Waals surface area (Å²) in [7, 11) is 0. The largest absolute Gasteiger partial charge is 0.457 e. The van der Waals surface area contributed by atoms with Crippen LogP contribution in [-0.4, -0.2) is 53.4 Å². The molecule has 180 valence electrons. The standard InChI is InChI=1S/C29H30ClN3O2/c1-2-32-13-15-33(16-14-32)29(34)19-25(27-20-31-28-12-11-22(30)18-26(27)28)21-7-6-10-24(17-21)35-23-8-4-3-5-9-23/h3-12,17-18,20,25,31H,2,13-16,19H2,1H3/t25-/m0/s1. The zero-order valence-electron chi connectivity index (χ0n) is 19.9. The molecular weight excluding hydrogens is 458 g/mol. The van der Waals surface area contributed by atoms with E-state index in [0.717, 1.165) is 66.3 Å². The van der Waals surface area contributed by atoms with Crippen LogP contribution in [0, 0.1) is 0 Å². The molecule has 1 aliphatic rings. The van der Waals surface area contributed by atoms with E-state index in [2.05, 4.69) is 22.9 Å². The molecule has 4 aromatic rings. The molecule has 1 aromatic heterocycles. The average molecular weight is 488 g/mol. The van der Waals surface area contributed by atoms with Crippen LogP contribution in [-0.2, 0) is 4.79 Å². The van der Waals surface area contributed by atoms with Crippen LogP contribution >= 0.6 is 11.6 Å². The van der Waals surface area contributed by atoms with Crippen LogP contribution < -0.4 is 4.74 Å². The van der Waals surface area contributed by atoms with E-state index < -0.39 is 0 Å². The number of carbonyl (C=O) groups is 1. The third-order valence-corrected chi connectivity index (χ3v) is 7.08. The van der Waals surface area contributed by atoms with Gasteiger partial charge in [-0.2, -0.15) is 0 Å². The quantitative estimate of drug-likeness (QED) is 0.333. The lowest BCUT2D eigenvalue weighted by atomic mass is 9.87. The summed E-state index contributed by atoms with van der Waals surface area (Å²) >= 11 is 6.35. The fourth-order valence-corrected chi connectivity index (χ4v) is 5.02. The number of halogens is 1. The molecule has 1 fully saturated rings. The molecule has 1 atom stereocenters. The second-order valence-corrected chi connectivity index (χ2v) is 9.43. The monoisotopic (exact) mass is 487 g/mol. The van der Waals surface area contributed by atoms with E-state index in [1.807, 2.05) is 77.8 Å². The summed E-state index contributed by atoms with van der Waals surface area (Å²) < 4.78 is 6.11. The van der Waals surface area contributed by atoms with Gasteiger partial charge >= 0.3 is 0 Å². The molecule has 0 bridgehead atoms. The number of H-pyrrole nitrogens is 1. The van der Waals surface area contributed by atoms with E-state index in [1.165, 1.54) is 0 Å². The molecule has 0 radical (unpaired) electrons. The molecule has 5 rings (SSSR count). The summed E-state index contributed by atoms with van der Waals surface area (Å²) in [5.74, 6) is 1.58. The van der Waals surface area contributed by atoms with Crippen LogP contribution in [0.3, 0.4) is 0 Å². The highest BCUT2D eigenvalue weighted by Crippen LogP contribution is 2.37. The van der Waals surface area contributed by atoms with E-state index in [4.69, 9.17) is 16.3 Å². The Labute approximate surface area is 211 Å². The summed E-state index contributed by atoms with van der Waals surface area (Å²) in [6, 6.07) is 23.7. The van der Waals surface area contributed by atoms with Gasteiger partial charge in [0.1, 0.15) is 11.5 Å². The lowest BCUT2D eigenvalue weighted by molar-refractivity contribution is -0.133. The number of aromatic nitrogens is 1. The van der Waals surface area contributed by atoms with Crippen LogP contribution in [0.4, 0.5) is 0 Å². The minimum absolute atomic E-state index is 0.127. The third-order valence-electron chi connectivity index (χ3n) is 6.84. The molecular formula is C29H30ClN3O2. The van der Waals surface area contributed by atoms with E-state index >= 15 is 0 Å². The van der Waals surface area contributed by atoms with E-state index in [-0.39, 0.29) is 11.8 Å². The fourth-order valence-electron chi connectivity index (χ4n) is 4.85. The minimum Gasteiger partial charge on any atom is -0.457 e. The van der Waals surface area contributed by atoms with Crippen molar-refractivity contribution in [3.63, 3.8) is 0 Å². The highest BCUT2D eigenvalue weighted by molar-refractivity contribution is 6.31. The van der Waals surface area contributed by atoms with Gasteiger partial charge in [0, 0.05) is 60.6 Å². The van der Waals surface area contributed by atoms with Crippen molar-refractivity contribution in [1.29, 1.82) is 0 Å². The number of nitrogens with zero attached hydrogens (tertiary/aromatic N) is 2. The SMILES string of the molecule is CCN1CCN(C(=O)C[C@@H](c2cccc(Oc3ccccc3)c2)c2c[nH]c3ccc(Cl)cc23)CC1. The molecule has 1 saturated heterocycles. The van der Waals surface area contributed by atoms with Crippen molar-refractivity contribution < 1.29 is 9.53 Å². The Morgan fingerprint density at radius 3 is 2.51 bits per heavy atom. The van der Waals surface area contributed by atoms with Crippen molar-refractivity contribution in [1.82, 2.24) is 14.8 Å². The Bertz CT molecular complexity index is 1300. The molecule has 0 unspecified atom stereocenters. The Balaban J connectivity index is 1.47. The van der Waals surface area contributed by atoms with Crippen molar-refractivity contribution in [3.05, 3.63) is 95.1 Å². The number of rotatable bonds is 7. The first-order valence-electron chi connectivity index (χ1n) is 12.2. The second kappa shape index (κ2) is 10.5. The topological polar surface area (TPSA) is 48.6 Å². The van der Waals surface area contributed by atoms with Gasteiger partial charge in [0.05, 0.1) is 0 Å². The first kappa shape index (κ1) is 23.5. The first-order chi connectivity index (χ1) is 17.1. The average Bonchev–Trinajstić information content (AvgIpc) is 3.30. The molecule has 1 N–H and O–H groups in total. The number of likely N-dealkylation sites (N-methyl/N-ethyl adjacent to an activating group) is 1. The molecule has 1 aliphatic heterocycles. The summed E-state index contributed by atoms with van der Waals surface area (Å²) in [5, 5.41) is 1.72. The molecule has 0 aliphatic carbocycles. The van der Waals surface area contributed by atoms with E-state index in [9.17, 15) is 4.79 Å². The zero-order valence-corrected chi connectivity index (χ0v) is 20.7. The number of carbonyl (C=O) groups excluding carboxylic acids is 1. The molecule has 5 nitrogen and oxygen atoms in total. The van der Waals surface area contributed by atoms with Crippen molar-refractivity contribution in [2.24, 2.45) is 0 Å². The molecule has 1 amide bonds. The minimum atomic E-state index is -0.127. The van der Waals surface area contributed by atoms with Crippen molar-refractivity contribution in [3.8, 4) is 11.5 Å². The lowest BCUT2D eigenvalue weighted by Crippen LogP contribution is -2.48. The van der Waals surface area contributed by atoms with Gasteiger partial charge in [-0.1, -0.05) is 48.9 Å². The number of aromatic amines is 1. The number of para-hydroxylation sites is 1. The predicted molar refractivity (Wildman–Crippen MR) is 141 cm³/mol. The summed E-state index contributed by atoms with van der Waals surface area (Å²) in [6.45, 7) is 6.59. The number of hydrogen-bond acceptors (Lipinski definition) is 3. The molecule has 35 heavy (non-hydrogen) atoms. The number of nitrogens with one attached hydrogen (secondary N) is 1. The Morgan fingerprint density at radius 1 is 0.971 bits per heavy atom. The van der Waals surface area contributed by atoms with Gasteiger partial charge in [-0.3, -0.25) is 4.79 Å². The molecule has 0 saturated carbocycles. The lowest BCUT2D eigenvalue weighted by Gasteiger charge is -2.35. The van der Waals surface area contributed by atoms with Crippen molar-refractivity contribution in [2.45, 2.75) is 19.3 Å². The molecule has 0 spiro atoms. The van der Waals surface area contributed by atoms with Crippen LogP contribution in [0.2, 0.25) is 5.02 Å². The number of fused-ring (bicyclic) bond motifs is 1. The Morgan fingerprint density at radius 2 is 1.74 bits per heavy atom. The van der Waals surface area contributed by atoms with Crippen LogP contribution in [0.15, 0.2) is 79.0 Å². The first-order valence-corrected chi connectivity index (χ1v) is 12.6. The second-order valence-electron chi connectivity index (χ2n) is 8.99. The number of hydrogen-bond donors (Lipinski definition) is 1. The number of benzene rings is 3. The third kappa shape index (κ3) is 5.37. The normalized spacial score (nSPS) is 15.3. The molecule has 2 heterocycles. The van der Waals surface area contributed by atoms with E-state index in [1.54, 1.807) is 0 Å². The summed E-state index contributed by atoms with van der Waals surface area (Å²) in [6.07, 6.45) is 2.40. The van der Waals surface area contributed by atoms with Gasteiger partial charge in [-0.05, 0) is 60.1 Å². The van der Waals surface area contributed by atoms with E-state index in [0.29, 0.717) is 11.4 Å². The molecule has 3 aromatic carbocycles. The van der Waals surface area contributed by atoms with Crippen molar-refractivity contribution >= 4 is 28.4 Å². The van der Waals surface area contributed by atoms with Gasteiger partial charge in [-0.25, -0.2) is 0 Å². The maximum atomic E-state index is 13.5. The van der Waals surface area contributed by atoms with Gasteiger partial charge in [-0.15, -0.1) is 0 Å². The number of ether oxygens (including phenoxy) is 1. The van der Waals surface area contributed by atoms with Gasteiger partial charge in [0.25, 0.3) is 0 Å². The van der Waals surface area contributed by atoms with Gasteiger partial charge in [0.15, 0.2) is 0 Å². The van der Waals surface area contributed by atoms with Gasteiger partial charge < -0.3 is 19.5 Å². The highest BCUT2D eigenvalue weighted by Gasteiger charge is 2.27. The smallest absolute Gasteiger partial charge is 0.223 e. The number of amides is 1.